The molecule has 74 valence electrons. The third-order valence-electron chi connectivity index (χ3n) is 1.70. The smallest absolute Gasteiger partial charge is 0.185 e. The molecule has 0 saturated heterocycles. The topological polar surface area (TPSA) is 43.1 Å². The number of nitrogen functional groups attached to an aromatic ring is 1. The van der Waals surface area contributed by atoms with Gasteiger partial charge in [-0.25, -0.2) is 0 Å². The summed E-state index contributed by atoms with van der Waals surface area (Å²) in [6.07, 6.45) is 1.57. The minimum atomic E-state index is -0.0492. The molecule has 0 amide bonds. The first-order valence-electron chi connectivity index (χ1n) is 4.25. The lowest BCUT2D eigenvalue weighted by molar-refractivity contribution is 0.104. The minimum Gasteiger partial charge on any atom is -0.398 e. The van der Waals surface area contributed by atoms with E-state index < -0.39 is 0 Å². The maximum atomic E-state index is 11.5. The lowest BCUT2D eigenvalue weighted by Crippen LogP contribution is -1.96. The number of halogens is 1. The summed E-state index contributed by atoms with van der Waals surface area (Å²) in [5, 5.41) is 0.415. The Morgan fingerprint density at radius 2 is 2.07 bits per heavy atom. The van der Waals surface area contributed by atoms with Crippen LogP contribution in [-0.4, -0.2) is 5.78 Å². The van der Waals surface area contributed by atoms with Crippen LogP contribution in [0.25, 0.3) is 0 Å². The zero-order valence-corrected chi connectivity index (χ0v) is 8.93. The summed E-state index contributed by atoms with van der Waals surface area (Å²) in [6, 6.07) is 4.88. The average molecular weight is 210 g/mol. The number of rotatable bonds is 2. The van der Waals surface area contributed by atoms with Crippen LogP contribution in [-0.2, 0) is 0 Å². The van der Waals surface area contributed by atoms with Gasteiger partial charge in [0.15, 0.2) is 5.78 Å². The highest BCUT2D eigenvalue weighted by atomic mass is 35.5. The van der Waals surface area contributed by atoms with E-state index >= 15 is 0 Å². The number of nitrogens with two attached hydrogens (primary N) is 1. The molecule has 0 aliphatic heterocycles. The quantitative estimate of drug-likeness (QED) is 0.462. The Morgan fingerprint density at radius 3 is 2.57 bits per heavy atom. The third-order valence-corrected chi connectivity index (χ3v) is 2.03. The fourth-order valence-corrected chi connectivity index (χ4v) is 1.21. The zero-order valence-electron chi connectivity index (χ0n) is 8.17. The molecule has 0 radical (unpaired) electrons. The van der Waals surface area contributed by atoms with E-state index in [4.69, 9.17) is 17.3 Å². The summed E-state index contributed by atoms with van der Waals surface area (Å²) in [6.45, 7) is 3.74. The van der Waals surface area contributed by atoms with Crippen molar-refractivity contribution < 1.29 is 4.79 Å². The first-order chi connectivity index (χ1) is 6.50. The number of carbonyl (C=O) groups excluding carboxylic acids is 1. The van der Waals surface area contributed by atoms with Gasteiger partial charge in [0.25, 0.3) is 0 Å². The zero-order chi connectivity index (χ0) is 10.7. The van der Waals surface area contributed by atoms with Gasteiger partial charge in [0.2, 0.25) is 0 Å². The average Bonchev–Trinajstić information content (AvgIpc) is 2.08. The summed E-state index contributed by atoms with van der Waals surface area (Å²) in [5.74, 6) is -0.0492. The minimum absolute atomic E-state index is 0.0492. The second-order valence-corrected chi connectivity index (χ2v) is 3.73. The fraction of sp³-hybridized carbons (Fsp3) is 0.182. The van der Waals surface area contributed by atoms with Gasteiger partial charge in [0, 0.05) is 5.56 Å². The van der Waals surface area contributed by atoms with Crippen molar-refractivity contribution in [2.75, 3.05) is 5.73 Å². The first-order valence-corrected chi connectivity index (χ1v) is 4.63. The molecule has 0 bridgehead atoms. The molecule has 0 heterocycles. The Kier molecular flexibility index (Phi) is 3.31. The van der Waals surface area contributed by atoms with Gasteiger partial charge < -0.3 is 5.73 Å². The van der Waals surface area contributed by atoms with Crippen molar-refractivity contribution in [1.82, 2.24) is 0 Å². The highest BCUT2D eigenvalue weighted by Gasteiger charge is 2.04. The van der Waals surface area contributed by atoms with Gasteiger partial charge in [0.1, 0.15) is 0 Å². The van der Waals surface area contributed by atoms with Crippen molar-refractivity contribution in [2.24, 2.45) is 0 Å². The van der Waals surface area contributed by atoms with Gasteiger partial charge in [0.05, 0.1) is 10.7 Å². The fourth-order valence-electron chi connectivity index (χ4n) is 1.03. The predicted octanol–water partition coefficient (Wildman–Crippen LogP) is 3.07. The molecule has 0 saturated carbocycles. The van der Waals surface area contributed by atoms with Crippen LogP contribution in [0.2, 0.25) is 5.02 Å². The maximum Gasteiger partial charge on any atom is 0.185 e. The lowest BCUT2D eigenvalue weighted by atomic mass is 10.1. The van der Waals surface area contributed by atoms with Gasteiger partial charge in [-0.15, -0.1) is 0 Å². The van der Waals surface area contributed by atoms with Crippen molar-refractivity contribution in [3.8, 4) is 0 Å². The van der Waals surface area contributed by atoms with Crippen LogP contribution >= 0.6 is 11.6 Å². The number of ketones is 1. The van der Waals surface area contributed by atoms with E-state index in [0.717, 1.165) is 5.57 Å². The van der Waals surface area contributed by atoms with Crippen molar-refractivity contribution in [2.45, 2.75) is 13.8 Å². The summed E-state index contributed by atoms with van der Waals surface area (Å²) in [5.41, 5.74) is 7.54. The summed E-state index contributed by atoms with van der Waals surface area (Å²) < 4.78 is 0. The van der Waals surface area contributed by atoms with Crippen LogP contribution in [0, 0.1) is 0 Å². The Hall–Kier alpha value is -1.28. The normalized spacial score (nSPS) is 9.64. The van der Waals surface area contributed by atoms with Crippen LogP contribution in [0.5, 0.6) is 0 Å². The largest absolute Gasteiger partial charge is 0.398 e. The van der Waals surface area contributed by atoms with E-state index in [1.807, 2.05) is 13.8 Å². The number of anilines is 1. The van der Waals surface area contributed by atoms with Crippen molar-refractivity contribution >= 4 is 23.1 Å². The van der Waals surface area contributed by atoms with Gasteiger partial charge in [-0.2, -0.15) is 0 Å². The number of allylic oxidation sites excluding steroid dienone is 2. The second-order valence-electron chi connectivity index (χ2n) is 3.32. The number of hydrogen-bond donors (Lipinski definition) is 1. The van der Waals surface area contributed by atoms with Gasteiger partial charge in [-0.3, -0.25) is 4.79 Å². The first kappa shape index (κ1) is 10.8. The molecule has 0 spiro atoms. The molecular weight excluding hydrogens is 198 g/mol. The van der Waals surface area contributed by atoms with Crippen LogP contribution in [0.15, 0.2) is 29.8 Å². The maximum absolute atomic E-state index is 11.5. The Morgan fingerprint density at radius 1 is 1.43 bits per heavy atom. The third kappa shape index (κ3) is 2.60. The highest BCUT2D eigenvalue weighted by Crippen LogP contribution is 2.20. The molecule has 0 aliphatic carbocycles. The lowest BCUT2D eigenvalue weighted by Gasteiger charge is -2.00. The molecule has 0 atom stereocenters. The Bertz CT molecular complexity index is 392. The SMILES string of the molecule is CC(C)=CC(=O)c1ccc(N)c(Cl)c1. The molecule has 1 rings (SSSR count). The Balaban J connectivity index is 3.03. The van der Waals surface area contributed by atoms with E-state index in [1.165, 1.54) is 0 Å². The van der Waals surface area contributed by atoms with E-state index in [1.54, 1.807) is 24.3 Å². The van der Waals surface area contributed by atoms with Crippen LogP contribution in [0.3, 0.4) is 0 Å². The standard InChI is InChI=1S/C11H12ClNO/c1-7(2)5-11(14)8-3-4-10(13)9(12)6-8/h3-6H,13H2,1-2H3. The van der Waals surface area contributed by atoms with E-state index in [9.17, 15) is 4.79 Å². The van der Waals surface area contributed by atoms with Crippen molar-refractivity contribution in [3.05, 3.63) is 40.4 Å². The molecule has 3 heteroatoms. The van der Waals surface area contributed by atoms with Gasteiger partial charge in [-0.05, 0) is 38.1 Å². The molecule has 0 unspecified atom stereocenters. The predicted molar refractivity (Wildman–Crippen MR) is 59.6 cm³/mol. The molecule has 14 heavy (non-hydrogen) atoms. The van der Waals surface area contributed by atoms with Crippen LogP contribution in [0.4, 0.5) is 5.69 Å². The molecular formula is C11H12ClNO. The van der Waals surface area contributed by atoms with Gasteiger partial charge >= 0.3 is 0 Å². The molecule has 1 aromatic carbocycles. The molecule has 2 nitrogen and oxygen atoms in total. The number of benzene rings is 1. The Labute approximate surface area is 88.4 Å². The molecule has 0 aliphatic rings. The number of hydrogen-bond acceptors (Lipinski definition) is 2. The summed E-state index contributed by atoms with van der Waals surface area (Å²) >= 11 is 5.80. The number of carbonyl (C=O) groups is 1. The van der Waals surface area contributed by atoms with E-state index in [-0.39, 0.29) is 5.78 Å². The second kappa shape index (κ2) is 4.29. The molecule has 2 N–H and O–H groups in total. The van der Waals surface area contributed by atoms with E-state index in [0.29, 0.717) is 16.3 Å². The van der Waals surface area contributed by atoms with E-state index in [2.05, 4.69) is 0 Å². The van der Waals surface area contributed by atoms with Crippen LogP contribution in [0.1, 0.15) is 24.2 Å². The molecule has 1 aromatic rings. The summed E-state index contributed by atoms with van der Waals surface area (Å²) in [7, 11) is 0. The van der Waals surface area contributed by atoms with Crippen molar-refractivity contribution in [3.63, 3.8) is 0 Å². The monoisotopic (exact) mass is 209 g/mol. The van der Waals surface area contributed by atoms with Gasteiger partial charge in [-0.1, -0.05) is 17.2 Å². The summed E-state index contributed by atoms with van der Waals surface area (Å²) in [4.78, 5) is 11.5. The van der Waals surface area contributed by atoms with Crippen molar-refractivity contribution in [1.29, 1.82) is 0 Å². The highest BCUT2D eigenvalue weighted by molar-refractivity contribution is 6.33. The van der Waals surface area contributed by atoms with Crippen LogP contribution < -0.4 is 5.73 Å². The molecule has 0 fully saturated rings. The molecule has 0 aromatic heterocycles.